The Kier molecular flexibility index (Phi) is 17.1. The SMILES string of the molecule is CCCCCCCCOc1c(N(C(=O)C(=O)N(c2ccccc2)c2ccccc2)c2ccccc2)cc(C(C)(C)C)c(C(C)(C)C)c1OCCCCCCCC. The molecule has 6 heteroatoms. The highest BCUT2D eigenvalue weighted by molar-refractivity contribution is 6.47. The molecule has 0 saturated carbocycles. The fourth-order valence-corrected chi connectivity index (χ4v) is 7.19. The summed E-state index contributed by atoms with van der Waals surface area (Å²) in [6.45, 7) is 18.7. The number of hydrogen-bond acceptors (Lipinski definition) is 4. The Hall–Kier alpha value is -4.58. The maximum atomic E-state index is 15.2. The van der Waals surface area contributed by atoms with E-state index in [1.54, 1.807) is 4.90 Å². The second-order valence-electron chi connectivity index (χ2n) is 17.0. The largest absolute Gasteiger partial charge is 0.489 e. The lowest BCUT2D eigenvalue weighted by molar-refractivity contribution is -0.135. The van der Waals surface area contributed by atoms with Gasteiger partial charge in [-0.25, -0.2) is 0 Å². The molecule has 0 aromatic heterocycles. The number of ether oxygens (including phenoxy) is 2. The lowest BCUT2D eigenvalue weighted by Gasteiger charge is -2.36. The molecule has 2 amide bonds. The molecule has 4 aromatic carbocycles. The van der Waals surface area contributed by atoms with Crippen LogP contribution in [0.3, 0.4) is 0 Å². The van der Waals surface area contributed by atoms with Crippen molar-refractivity contribution in [2.75, 3.05) is 23.0 Å². The van der Waals surface area contributed by atoms with Crippen molar-refractivity contribution >= 4 is 34.6 Å². The van der Waals surface area contributed by atoms with E-state index in [0.29, 0.717) is 47.5 Å². The number of hydrogen-bond donors (Lipinski definition) is 0. The summed E-state index contributed by atoms with van der Waals surface area (Å²) in [5.74, 6) is -0.194. The Morgan fingerprint density at radius 2 is 0.857 bits per heavy atom. The average molecular weight is 761 g/mol. The molecule has 56 heavy (non-hydrogen) atoms. The molecule has 6 nitrogen and oxygen atoms in total. The van der Waals surface area contributed by atoms with Crippen LogP contribution in [0.4, 0.5) is 22.7 Å². The number of benzene rings is 4. The summed E-state index contributed by atoms with van der Waals surface area (Å²) in [5, 5.41) is 0. The zero-order chi connectivity index (χ0) is 40.6. The van der Waals surface area contributed by atoms with E-state index in [4.69, 9.17) is 9.47 Å². The van der Waals surface area contributed by atoms with E-state index in [-0.39, 0.29) is 10.8 Å². The molecule has 0 aliphatic rings. The highest BCUT2D eigenvalue weighted by Crippen LogP contribution is 2.51. The summed E-state index contributed by atoms with van der Waals surface area (Å²) in [7, 11) is 0. The van der Waals surface area contributed by atoms with E-state index in [1.807, 2.05) is 91.0 Å². The number of para-hydroxylation sites is 3. The summed E-state index contributed by atoms with van der Waals surface area (Å²) in [6, 6.07) is 30.3. The first-order valence-electron chi connectivity index (χ1n) is 21.2. The third kappa shape index (κ3) is 12.2. The molecular weight excluding hydrogens is 693 g/mol. The Morgan fingerprint density at radius 3 is 1.27 bits per heavy atom. The fraction of sp³-hybridized carbons (Fsp3) is 0.480. The van der Waals surface area contributed by atoms with Gasteiger partial charge in [0.15, 0.2) is 11.5 Å². The minimum Gasteiger partial charge on any atom is -0.489 e. The summed E-state index contributed by atoms with van der Waals surface area (Å²) in [6.07, 6.45) is 13.6. The molecular formula is C50H68N2O4. The topological polar surface area (TPSA) is 59.1 Å². The smallest absolute Gasteiger partial charge is 0.321 e. The molecule has 302 valence electrons. The molecule has 0 aliphatic heterocycles. The summed E-state index contributed by atoms with van der Waals surface area (Å²) < 4.78 is 13.8. The highest BCUT2D eigenvalue weighted by Gasteiger charge is 2.38. The summed E-state index contributed by atoms with van der Waals surface area (Å²) in [5.41, 5.74) is 3.76. The van der Waals surface area contributed by atoms with Crippen molar-refractivity contribution in [3.05, 3.63) is 108 Å². The second kappa shape index (κ2) is 21.6. The molecule has 0 unspecified atom stereocenters. The first kappa shape index (κ1) is 44.1. The minimum absolute atomic E-state index is 0.315. The van der Waals surface area contributed by atoms with Crippen LogP contribution in [0.25, 0.3) is 0 Å². The van der Waals surface area contributed by atoms with Gasteiger partial charge in [-0.15, -0.1) is 0 Å². The quantitative estimate of drug-likeness (QED) is 0.0665. The first-order valence-corrected chi connectivity index (χ1v) is 21.2. The molecule has 0 fully saturated rings. The van der Waals surface area contributed by atoms with E-state index >= 15 is 4.79 Å². The van der Waals surface area contributed by atoms with E-state index in [2.05, 4.69) is 61.5 Å². The van der Waals surface area contributed by atoms with Gasteiger partial charge in [0, 0.05) is 22.6 Å². The van der Waals surface area contributed by atoms with Gasteiger partial charge in [-0.2, -0.15) is 0 Å². The van der Waals surface area contributed by atoms with Gasteiger partial charge in [-0.05, 0) is 71.7 Å². The monoisotopic (exact) mass is 761 g/mol. The van der Waals surface area contributed by atoms with Crippen molar-refractivity contribution in [1.29, 1.82) is 0 Å². The number of carbonyl (C=O) groups excluding carboxylic acids is 2. The maximum absolute atomic E-state index is 15.2. The van der Waals surface area contributed by atoms with Crippen LogP contribution in [0.15, 0.2) is 97.1 Å². The second-order valence-corrected chi connectivity index (χ2v) is 17.0. The highest BCUT2D eigenvalue weighted by atomic mass is 16.5. The molecule has 0 saturated heterocycles. The van der Waals surface area contributed by atoms with Gasteiger partial charge in [0.25, 0.3) is 0 Å². The first-order chi connectivity index (χ1) is 26.9. The lowest BCUT2D eigenvalue weighted by atomic mass is 9.74. The Bertz CT molecular complexity index is 1740. The number of rotatable bonds is 20. The molecule has 0 atom stereocenters. The van der Waals surface area contributed by atoms with Crippen LogP contribution in [-0.2, 0) is 20.4 Å². The van der Waals surface area contributed by atoms with Crippen LogP contribution in [-0.4, -0.2) is 25.0 Å². The van der Waals surface area contributed by atoms with Crippen LogP contribution < -0.4 is 19.3 Å². The number of unbranched alkanes of at least 4 members (excludes halogenated alkanes) is 10. The normalized spacial score (nSPS) is 11.6. The van der Waals surface area contributed by atoms with Crippen molar-refractivity contribution in [2.24, 2.45) is 0 Å². The number of amides is 2. The minimum atomic E-state index is -0.696. The molecule has 0 N–H and O–H groups in total. The molecule has 0 heterocycles. The molecule has 0 radical (unpaired) electrons. The van der Waals surface area contributed by atoms with Crippen molar-refractivity contribution < 1.29 is 19.1 Å². The zero-order valence-corrected chi connectivity index (χ0v) is 35.7. The van der Waals surface area contributed by atoms with Gasteiger partial charge in [0.2, 0.25) is 0 Å². The van der Waals surface area contributed by atoms with Gasteiger partial charge in [0.05, 0.1) is 18.9 Å². The predicted molar refractivity (Wildman–Crippen MR) is 235 cm³/mol. The van der Waals surface area contributed by atoms with Crippen LogP contribution >= 0.6 is 0 Å². The maximum Gasteiger partial charge on any atom is 0.321 e. The molecule has 0 aliphatic carbocycles. The van der Waals surface area contributed by atoms with Crippen LogP contribution in [0.2, 0.25) is 0 Å². The van der Waals surface area contributed by atoms with Gasteiger partial charge < -0.3 is 9.47 Å². The third-order valence-electron chi connectivity index (χ3n) is 10.1. The Labute approximate surface area is 338 Å². The van der Waals surface area contributed by atoms with Crippen LogP contribution in [0.5, 0.6) is 11.5 Å². The third-order valence-corrected chi connectivity index (χ3v) is 10.1. The lowest BCUT2D eigenvalue weighted by Crippen LogP contribution is -2.42. The Balaban J connectivity index is 1.94. The van der Waals surface area contributed by atoms with E-state index in [9.17, 15) is 4.79 Å². The standard InChI is InChI=1S/C50H68N2O4/c1-9-11-13-15-17-28-36-55-45-43(38-42(49(3,4)5)44(50(6,7)8)46(45)56-37-29-18-16-14-12-10-2)52(41-34-26-21-27-35-41)48(54)47(53)51(39-30-22-19-23-31-39)40-32-24-20-25-33-40/h19-27,30-35,38H,9-18,28-29,36-37H2,1-8H3. The van der Waals surface area contributed by atoms with Crippen LogP contribution in [0.1, 0.15) is 144 Å². The molecule has 4 rings (SSSR count). The molecule has 4 aromatic rings. The van der Waals surface area contributed by atoms with Gasteiger partial charge in [-0.1, -0.05) is 174 Å². The van der Waals surface area contributed by atoms with E-state index in [1.165, 1.54) is 49.8 Å². The number of carbonyl (C=O) groups is 2. The van der Waals surface area contributed by atoms with Crippen molar-refractivity contribution in [2.45, 2.75) is 143 Å². The molecule has 0 spiro atoms. The zero-order valence-electron chi connectivity index (χ0n) is 35.7. The van der Waals surface area contributed by atoms with Gasteiger partial charge in [0.1, 0.15) is 0 Å². The van der Waals surface area contributed by atoms with E-state index in [0.717, 1.165) is 43.2 Å². The van der Waals surface area contributed by atoms with E-state index < -0.39 is 11.8 Å². The average Bonchev–Trinajstić information content (AvgIpc) is 3.18. The van der Waals surface area contributed by atoms with Gasteiger partial charge in [-0.3, -0.25) is 19.4 Å². The molecule has 0 bridgehead atoms. The Morgan fingerprint density at radius 1 is 0.482 bits per heavy atom. The van der Waals surface area contributed by atoms with Crippen molar-refractivity contribution in [3.63, 3.8) is 0 Å². The number of nitrogens with zero attached hydrogens (tertiary/aromatic N) is 2. The van der Waals surface area contributed by atoms with Crippen molar-refractivity contribution in [3.8, 4) is 11.5 Å². The summed E-state index contributed by atoms with van der Waals surface area (Å²) in [4.78, 5) is 33.2. The predicted octanol–water partition coefficient (Wildman–Crippen LogP) is 13.8. The number of anilines is 4. The summed E-state index contributed by atoms with van der Waals surface area (Å²) >= 11 is 0. The fourth-order valence-electron chi connectivity index (χ4n) is 7.19. The van der Waals surface area contributed by atoms with Crippen LogP contribution in [0, 0.1) is 0 Å². The van der Waals surface area contributed by atoms with Crippen molar-refractivity contribution in [1.82, 2.24) is 0 Å². The van der Waals surface area contributed by atoms with Gasteiger partial charge >= 0.3 is 11.8 Å².